The fourth-order valence-corrected chi connectivity index (χ4v) is 4.61. The van der Waals surface area contributed by atoms with Gasteiger partial charge in [0, 0.05) is 41.5 Å². The predicted octanol–water partition coefficient (Wildman–Crippen LogP) is 7.12. The highest BCUT2D eigenvalue weighted by Gasteiger charge is 2.32. The Balaban J connectivity index is 1.28. The van der Waals surface area contributed by atoms with E-state index >= 15 is 0 Å². The molecule has 5 rings (SSSR count). The van der Waals surface area contributed by atoms with Crippen molar-refractivity contribution in [2.24, 2.45) is 0 Å². The lowest BCUT2D eigenvalue weighted by atomic mass is 9.92. The van der Waals surface area contributed by atoms with E-state index in [1.807, 2.05) is 32.0 Å². The van der Waals surface area contributed by atoms with Crippen molar-refractivity contribution in [1.29, 1.82) is 0 Å². The molecule has 0 bridgehead atoms. The minimum atomic E-state index is -0.619. The van der Waals surface area contributed by atoms with Gasteiger partial charge in [0.1, 0.15) is 17.3 Å². The molecule has 0 radical (unpaired) electrons. The Labute approximate surface area is 251 Å². The van der Waals surface area contributed by atoms with Crippen molar-refractivity contribution in [1.82, 2.24) is 14.8 Å². The maximum absolute atomic E-state index is 13.1. The van der Waals surface area contributed by atoms with Crippen LogP contribution in [-0.2, 0) is 14.9 Å². The van der Waals surface area contributed by atoms with E-state index in [2.05, 4.69) is 36.4 Å². The Bertz CT molecular complexity index is 1580. The van der Waals surface area contributed by atoms with E-state index in [0.29, 0.717) is 53.7 Å². The predicted molar refractivity (Wildman–Crippen MR) is 164 cm³/mol. The number of hydrogen-bond donors (Lipinski definition) is 2. The number of Topliss-reactive ketones (excluding diaryl/α,β-unsaturated/α-hetero) is 1. The van der Waals surface area contributed by atoms with E-state index in [1.54, 1.807) is 65.6 Å². The van der Waals surface area contributed by atoms with Crippen molar-refractivity contribution in [3.63, 3.8) is 0 Å². The molecule has 10 heteroatoms. The van der Waals surface area contributed by atoms with Crippen LogP contribution in [0.1, 0.15) is 63.5 Å². The van der Waals surface area contributed by atoms with E-state index in [9.17, 15) is 9.59 Å². The first-order chi connectivity index (χ1) is 20.4. The van der Waals surface area contributed by atoms with E-state index in [0.717, 1.165) is 5.69 Å². The van der Waals surface area contributed by atoms with Gasteiger partial charge in [-0.25, -0.2) is 9.48 Å². The van der Waals surface area contributed by atoms with E-state index in [-0.39, 0.29) is 17.3 Å². The van der Waals surface area contributed by atoms with Gasteiger partial charge in [0.15, 0.2) is 11.6 Å². The Hall–Kier alpha value is -4.54. The summed E-state index contributed by atoms with van der Waals surface area (Å²) in [6.45, 7) is 10.4. The number of carbonyl (C=O) groups excluding carboxylic acids is 2. The molecule has 224 valence electrons. The normalized spacial score (nSPS) is 16.1. The monoisotopic (exact) mass is 583 g/mol. The molecular weight excluding hydrogens is 546 g/mol. The highest BCUT2D eigenvalue weighted by Crippen LogP contribution is 2.29. The van der Waals surface area contributed by atoms with Gasteiger partial charge in [-0.2, -0.15) is 5.10 Å². The van der Waals surface area contributed by atoms with Crippen LogP contribution in [0, 0.1) is 0 Å². The van der Waals surface area contributed by atoms with Crippen LogP contribution in [0.5, 0.6) is 11.5 Å². The van der Waals surface area contributed by atoms with Gasteiger partial charge in [-0.05, 0) is 68.8 Å². The number of anilines is 2. The quantitative estimate of drug-likeness (QED) is 0.202. The number of aromatic nitrogens is 3. The molecule has 2 aromatic heterocycles. The van der Waals surface area contributed by atoms with Crippen molar-refractivity contribution >= 4 is 23.3 Å². The molecular formula is C33H37N5O5. The molecule has 1 unspecified atom stereocenters. The highest BCUT2D eigenvalue weighted by atomic mass is 16.7. The Kier molecular flexibility index (Phi) is 8.61. The highest BCUT2D eigenvalue weighted by molar-refractivity contribution is 5.99. The summed E-state index contributed by atoms with van der Waals surface area (Å²) in [7, 11) is 0. The molecule has 43 heavy (non-hydrogen) atoms. The number of pyridine rings is 1. The second-order valence-electron chi connectivity index (χ2n) is 11.9. The van der Waals surface area contributed by atoms with Crippen LogP contribution in [0.15, 0.2) is 79.1 Å². The zero-order valence-electron chi connectivity index (χ0n) is 25.1. The number of benzene rings is 2. The smallest absolute Gasteiger partial charge is 0.324 e. The van der Waals surface area contributed by atoms with Crippen molar-refractivity contribution in [3.8, 4) is 17.2 Å². The maximum atomic E-state index is 13.1. The molecule has 1 aliphatic heterocycles. The lowest BCUT2D eigenvalue weighted by Gasteiger charge is -2.16. The number of ketones is 1. The zero-order valence-corrected chi connectivity index (χ0v) is 25.1. The second-order valence-corrected chi connectivity index (χ2v) is 11.9. The van der Waals surface area contributed by atoms with E-state index < -0.39 is 11.8 Å². The molecule has 2 aromatic carbocycles. The van der Waals surface area contributed by atoms with E-state index in [4.69, 9.17) is 19.3 Å². The third-order valence-corrected chi connectivity index (χ3v) is 6.89. The van der Waals surface area contributed by atoms with Gasteiger partial charge in [0.25, 0.3) is 0 Å². The molecule has 1 fully saturated rings. The maximum Gasteiger partial charge on any atom is 0.324 e. The molecule has 3 heterocycles. The summed E-state index contributed by atoms with van der Waals surface area (Å²) in [4.78, 5) is 30.1. The van der Waals surface area contributed by atoms with Crippen LogP contribution >= 0.6 is 0 Å². The lowest BCUT2D eigenvalue weighted by molar-refractivity contribution is -0.138. The summed E-state index contributed by atoms with van der Waals surface area (Å²) < 4.78 is 18.9. The minimum absolute atomic E-state index is 0.00182. The molecule has 0 saturated carbocycles. The molecule has 2 N–H and O–H groups in total. The Morgan fingerprint density at radius 1 is 1.00 bits per heavy atom. The molecule has 10 nitrogen and oxygen atoms in total. The average Bonchev–Trinajstić information content (AvgIpc) is 3.56. The van der Waals surface area contributed by atoms with Crippen LogP contribution in [0.25, 0.3) is 5.69 Å². The summed E-state index contributed by atoms with van der Waals surface area (Å²) in [6.07, 6.45) is 4.11. The number of nitrogens with one attached hydrogen (secondary N) is 2. The molecule has 2 amide bonds. The third-order valence-electron chi connectivity index (χ3n) is 6.89. The van der Waals surface area contributed by atoms with Crippen LogP contribution < -0.4 is 15.4 Å². The second kappa shape index (κ2) is 12.4. The summed E-state index contributed by atoms with van der Waals surface area (Å²) in [5.41, 5.74) is 2.34. The van der Waals surface area contributed by atoms with Gasteiger partial charge in [-0.3, -0.25) is 15.1 Å². The first-order valence-electron chi connectivity index (χ1n) is 14.3. The van der Waals surface area contributed by atoms with Crippen molar-refractivity contribution in [2.75, 3.05) is 17.2 Å². The van der Waals surface area contributed by atoms with Crippen LogP contribution in [0.3, 0.4) is 0 Å². The topological polar surface area (TPSA) is 117 Å². The number of rotatable bonds is 9. The molecule has 0 aliphatic carbocycles. The standard InChI is InChI=1S/C33H37N5O5/c1-32(2,3)29-20-30(36-31(40)35-23-9-11-25(12-10-23)42-26-15-17-34-18-16-26)38(37-29)24-8-6-7-22(19-24)28(39)14-13-27-21-41-33(4,5)43-27/h6-12,15-20,27H,13-14,21H2,1-5H3,(H2,35,36,40). The van der Waals surface area contributed by atoms with Crippen LogP contribution in [-0.4, -0.2) is 45.1 Å². The minimum Gasteiger partial charge on any atom is -0.457 e. The van der Waals surface area contributed by atoms with Crippen molar-refractivity contribution in [3.05, 3.63) is 90.4 Å². The van der Waals surface area contributed by atoms with Gasteiger partial charge < -0.3 is 19.5 Å². The Morgan fingerprint density at radius 3 is 2.40 bits per heavy atom. The summed E-state index contributed by atoms with van der Waals surface area (Å²) >= 11 is 0. The lowest BCUT2D eigenvalue weighted by Crippen LogP contribution is -2.22. The largest absolute Gasteiger partial charge is 0.457 e. The fraction of sp³-hybridized carbons (Fsp3) is 0.333. The first kappa shape index (κ1) is 29.9. The van der Waals surface area contributed by atoms with Crippen LogP contribution in [0.2, 0.25) is 0 Å². The number of ether oxygens (including phenoxy) is 3. The zero-order chi connectivity index (χ0) is 30.6. The van der Waals surface area contributed by atoms with Gasteiger partial charge in [-0.1, -0.05) is 32.9 Å². The molecule has 1 saturated heterocycles. The third kappa shape index (κ3) is 7.85. The van der Waals surface area contributed by atoms with Gasteiger partial charge >= 0.3 is 6.03 Å². The number of hydrogen-bond acceptors (Lipinski definition) is 7. The van der Waals surface area contributed by atoms with E-state index in [1.165, 1.54) is 0 Å². The molecule has 1 atom stereocenters. The van der Waals surface area contributed by atoms with Crippen LogP contribution in [0.4, 0.5) is 16.3 Å². The van der Waals surface area contributed by atoms with Gasteiger partial charge in [0.2, 0.25) is 0 Å². The first-order valence-corrected chi connectivity index (χ1v) is 14.3. The number of urea groups is 1. The summed E-state index contributed by atoms with van der Waals surface area (Å²) in [5.74, 6) is 1.16. The Morgan fingerprint density at radius 2 is 1.72 bits per heavy atom. The molecule has 1 aliphatic rings. The number of amides is 2. The SMILES string of the molecule is CC1(C)OCC(CCC(=O)c2cccc(-n3nc(C(C)(C)C)cc3NC(=O)Nc3ccc(Oc4ccncc4)cc3)c2)O1. The van der Waals surface area contributed by atoms with Crippen molar-refractivity contribution in [2.45, 2.75) is 64.8 Å². The molecule has 4 aromatic rings. The van der Waals surface area contributed by atoms with Crippen molar-refractivity contribution < 1.29 is 23.8 Å². The average molecular weight is 584 g/mol. The number of carbonyl (C=O) groups is 2. The summed E-state index contributed by atoms with van der Waals surface area (Å²) in [6, 6.07) is 19.3. The fourth-order valence-electron chi connectivity index (χ4n) is 4.61. The van der Waals surface area contributed by atoms with Gasteiger partial charge in [0.05, 0.1) is 24.1 Å². The van der Waals surface area contributed by atoms with Gasteiger partial charge in [-0.15, -0.1) is 0 Å². The number of nitrogens with zero attached hydrogens (tertiary/aromatic N) is 3. The summed E-state index contributed by atoms with van der Waals surface area (Å²) in [5, 5.41) is 10.6. The molecule has 0 spiro atoms.